The van der Waals surface area contributed by atoms with Gasteiger partial charge in [-0.05, 0) is 45.4 Å². The second-order valence-electron chi connectivity index (χ2n) is 6.65. The van der Waals surface area contributed by atoms with E-state index in [0.29, 0.717) is 0 Å². The van der Waals surface area contributed by atoms with Crippen molar-refractivity contribution in [1.29, 1.82) is 0 Å². The maximum atomic E-state index is 12.4. The Hall–Kier alpha value is -2.08. The van der Waals surface area contributed by atoms with Gasteiger partial charge in [-0.15, -0.1) is 0 Å². The van der Waals surface area contributed by atoms with Crippen LogP contribution < -0.4 is 0 Å². The smallest absolute Gasteiger partial charge is 0.338 e. The first-order chi connectivity index (χ1) is 13.0. The predicted molar refractivity (Wildman–Crippen MR) is 92.4 cm³/mol. The Balaban J connectivity index is 7.16. The lowest BCUT2D eigenvalue weighted by atomic mass is 9.52. The molecule has 7 N–H and O–H groups in total. The number of rotatable bonds is 15. The SMILES string of the molecule is CC(=O)C(CCCO)(C(=O)O)C(O)(C(=O)O)C(CCCO)(CCCO)C(=O)O. The summed E-state index contributed by atoms with van der Waals surface area (Å²) in [5.74, 6) is -7.45. The molecule has 2 unspecified atom stereocenters. The quantitative estimate of drug-likeness (QED) is 0.161. The van der Waals surface area contributed by atoms with E-state index in [1.807, 2.05) is 0 Å². The molecule has 28 heavy (non-hydrogen) atoms. The Morgan fingerprint density at radius 2 is 1.07 bits per heavy atom. The molecule has 0 aliphatic carbocycles. The topological polar surface area (TPSA) is 210 Å². The minimum absolute atomic E-state index is 0.305. The molecule has 0 aliphatic rings. The lowest BCUT2D eigenvalue weighted by molar-refractivity contribution is -0.224. The van der Waals surface area contributed by atoms with Crippen molar-refractivity contribution in [2.24, 2.45) is 10.8 Å². The van der Waals surface area contributed by atoms with Gasteiger partial charge in [-0.2, -0.15) is 0 Å². The minimum Gasteiger partial charge on any atom is -0.481 e. The molecule has 0 aromatic rings. The fourth-order valence-electron chi connectivity index (χ4n) is 3.78. The van der Waals surface area contributed by atoms with Crippen LogP contribution in [0.4, 0.5) is 0 Å². The highest BCUT2D eigenvalue weighted by Gasteiger charge is 2.74. The van der Waals surface area contributed by atoms with E-state index in [1.54, 1.807) is 0 Å². The monoisotopic (exact) mass is 408 g/mol. The van der Waals surface area contributed by atoms with Crippen LogP contribution >= 0.6 is 0 Å². The van der Waals surface area contributed by atoms with E-state index in [2.05, 4.69) is 0 Å². The maximum Gasteiger partial charge on any atom is 0.338 e. The fourth-order valence-corrected chi connectivity index (χ4v) is 3.78. The molecule has 11 heteroatoms. The van der Waals surface area contributed by atoms with Gasteiger partial charge >= 0.3 is 17.9 Å². The Labute approximate surface area is 161 Å². The van der Waals surface area contributed by atoms with Gasteiger partial charge in [0.15, 0.2) is 11.2 Å². The third-order valence-corrected chi connectivity index (χ3v) is 5.23. The van der Waals surface area contributed by atoms with Gasteiger partial charge in [-0.3, -0.25) is 14.4 Å². The number of Topliss-reactive ketones (excluding diaryl/α,β-unsaturated/α-hetero) is 1. The second kappa shape index (κ2) is 10.5. The molecule has 0 rings (SSSR count). The summed E-state index contributed by atoms with van der Waals surface area (Å²) < 4.78 is 0. The molecule has 0 spiro atoms. The molecule has 0 fully saturated rings. The van der Waals surface area contributed by atoms with Crippen molar-refractivity contribution in [2.75, 3.05) is 19.8 Å². The van der Waals surface area contributed by atoms with Crippen molar-refractivity contribution in [3.8, 4) is 0 Å². The lowest BCUT2D eigenvalue weighted by Gasteiger charge is -2.49. The van der Waals surface area contributed by atoms with Crippen molar-refractivity contribution >= 4 is 23.7 Å². The van der Waals surface area contributed by atoms with E-state index in [4.69, 9.17) is 15.3 Å². The number of hydrogen-bond acceptors (Lipinski definition) is 8. The fraction of sp³-hybridized carbons (Fsp3) is 0.765. The van der Waals surface area contributed by atoms with Gasteiger partial charge in [-0.1, -0.05) is 0 Å². The van der Waals surface area contributed by atoms with Gasteiger partial charge in [0.1, 0.15) is 5.41 Å². The van der Waals surface area contributed by atoms with Crippen LogP contribution in [0.3, 0.4) is 0 Å². The molecular weight excluding hydrogens is 380 g/mol. The highest BCUT2D eigenvalue weighted by atomic mass is 16.4. The van der Waals surface area contributed by atoms with Gasteiger partial charge in [0.05, 0.1) is 0 Å². The lowest BCUT2D eigenvalue weighted by Crippen LogP contribution is -2.71. The van der Waals surface area contributed by atoms with Gasteiger partial charge < -0.3 is 35.7 Å². The van der Waals surface area contributed by atoms with Crippen LogP contribution in [-0.4, -0.2) is 84.9 Å². The van der Waals surface area contributed by atoms with Crippen LogP contribution in [0.2, 0.25) is 0 Å². The molecule has 11 nitrogen and oxygen atoms in total. The Morgan fingerprint density at radius 3 is 1.32 bits per heavy atom. The molecule has 0 saturated heterocycles. The number of carbonyl (C=O) groups is 4. The van der Waals surface area contributed by atoms with Crippen molar-refractivity contribution in [3.63, 3.8) is 0 Å². The summed E-state index contributed by atoms with van der Waals surface area (Å²) in [6.07, 6.45) is -3.16. The van der Waals surface area contributed by atoms with Gasteiger partial charge in [0.2, 0.25) is 5.60 Å². The maximum absolute atomic E-state index is 12.4. The number of aliphatic carboxylic acids is 3. The number of hydrogen-bond donors (Lipinski definition) is 7. The zero-order chi connectivity index (χ0) is 22.2. The first-order valence-electron chi connectivity index (χ1n) is 8.72. The Morgan fingerprint density at radius 1 is 0.679 bits per heavy atom. The van der Waals surface area contributed by atoms with Crippen molar-refractivity contribution in [2.45, 2.75) is 51.0 Å². The summed E-state index contributed by atoms with van der Waals surface area (Å²) in [6, 6.07) is 0. The van der Waals surface area contributed by atoms with Crippen LogP contribution in [0.25, 0.3) is 0 Å². The largest absolute Gasteiger partial charge is 0.481 e. The van der Waals surface area contributed by atoms with Crippen LogP contribution in [0.5, 0.6) is 0 Å². The molecule has 0 radical (unpaired) electrons. The van der Waals surface area contributed by atoms with E-state index in [1.165, 1.54) is 0 Å². The van der Waals surface area contributed by atoms with E-state index < -0.39 is 85.6 Å². The Kier molecular flexibility index (Phi) is 9.68. The summed E-state index contributed by atoms with van der Waals surface area (Å²) in [6.45, 7) is -1.07. The summed E-state index contributed by atoms with van der Waals surface area (Å²) in [5, 5.41) is 68.1. The van der Waals surface area contributed by atoms with Crippen molar-refractivity contribution in [3.05, 3.63) is 0 Å². The number of carbonyl (C=O) groups excluding carboxylic acids is 1. The van der Waals surface area contributed by atoms with E-state index in [-0.39, 0.29) is 12.8 Å². The Bertz CT molecular complexity index is 564. The van der Waals surface area contributed by atoms with Crippen LogP contribution in [0, 0.1) is 10.8 Å². The predicted octanol–water partition coefficient (Wildman–Crippen LogP) is -1.15. The first-order valence-corrected chi connectivity index (χ1v) is 8.72. The molecule has 0 heterocycles. The zero-order valence-corrected chi connectivity index (χ0v) is 15.6. The molecule has 2 atom stereocenters. The third-order valence-electron chi connectivity index (χ3n) is 5.23. The van der Waals surface area contributed by atoms with Crippen LogP contribution in [-0.2, 0) is 19.2 Å². The molecule has 0 saturated carbocycles. The van der Waals surface area contributed by atoms with Gasteiger partial charge in [-0.25, -0.2) is 4.79 Å². The number of aliphatic hydroxyl groups excluding tert-OH is 3. The molecule has 0 amide bonds. The molecule has 0 aliphatic heterocycles. The van der Waals surface area contributed by atoms with Crippen molar-refractivity contribution < 1.29 is 54.9 Å². The molecule has 0 bridgehead atoms. The molecule has 0 aromatic heterocycles. The molecule has 162 valence electrons. The number of carboxylic acids is 3. The van der Waals surface area contributed by atoms with Crippen LogP contribution in [0.1, 0.15) is 45.4 Å². The average Bonchev–Trinajstić information content (AvgIpc) is 2.61. The third kappa shape index (κ3) is 4.17. The number of ketones is 1. The normalized spacial score (nSPS) is 16.0. The standard InChI is InChI=1S/C17H28O11/c1-11(21)16(13(24)25,7-4-10-20)17(28,14(26)27)15(12(22)23,5-2-8-18)6-3-9-19/h18-20,28H,2-10H2,1H3,(H,22,23)(H,24,25)(H,26,27). The zero-order valence-electron chi connectivity index (χ0n) is 15.6. The average molecular weight is 408 g/mol. The summed E-state index contributed by atoms with van der Waals surface area (Å²) in [5.41, 5.74) is -9.41. The summed E-state index contributed by atoms with van der Waals surface area (Å²) in [7, 11) is 0. The highest BCUT2D eigenvalue weighted by molar-refractivity contribution is 6.10. The minimum atomic E-state index is -3.62. The van der Waals surface area contributed by atoms with Crippen molar-refractivity contribution in [1.82, 2.24) is 0 Å². The second-order valence-corrected chi connectivity index (χ2v) is 6.65. The van der Waals surface area contributed by atoms with Gasteiger partial charge in [0.25, 0.3) is 0 Å². The number of aliphatic hydroxyl groups is 4. The van der Waals surface area contributed by atoms with E-state index in [0.717, 1.165) is 6.92 Å². The van der Waals surface area contributed by atoms with E-state index in [9.17, 15) is 39.6 Å². The van der Waals surface area contributed by atoms with E-state index >= 15 is 0 Å². The summed E-state index contributed by atoms with van der Waals surface area (Å²) >= 11 is 0. The summed E-state index contributed by atoms with van der Waals surface area (Å²) in [4.78, 5) is 48.9. The van der Waals surface area contributed by atoms with Gasteiger partial charge in [0, 0.05) is 19.8 Å². The first kappa shape index (κ1) is 25.9. The highest BCUT2D eigenvalue weighted by Crippen LogP contribution is 2.53. The molecular formula is C17H28O11. The number of carboxylic acid groups (broad SMARTS) is 3. The van der Waals surface area contributed by atoms with Crippen LogP contribution in [0.15, 0.2) is 0 Å². The molecule has 0 aromatic carbocycles.